The van der Waals surface area contributed by atoms with Gasteiger partial charge >= 0.3 is 6.01 Å². The van der Waals surface area contributed by atoms with E-state index in [1.807, 2.05) is 49.4 Å². The molecule has 0 aliphatic rings. The number of rotatable bonds is 8. The van der Waals surface area contributed by atoms with Crippen molar-refractivity contribution in [2.24, 2.45) is 0 Å². The predicted molar refractivity (Wildman–Crippen MR) is 98.7 cm³/mol. The van der Waals surface area contributed by atoms with Gasteiger partial charge in [0.05, 0.1) is 6.61 Å². The van der Waals surface area contributed by atoms with Crippen molar-refractivity contribution in [2.75, 3.05) is 11.3 Å². The van der Waals surface area contributed by atoms with E-state index in [4.69, 9.17) is 8.92 Å². The van der Waals surface area contributed by atoms with Gasteiger partial charge in [0.1, 0.15) is 11.6 Å². The summed E-state index contributed by atoms with van der Waals surface area (Å²) in [7, 11) is 0. The summed E-state index contributed by atoms with van der Waals surface area (Å²) >= 11 is -1.65. The number of nitrogens with one attached hydrogen (secondary N) is 1. The van der Waals surface area contributed by atoms with Crippen LogP contribution in [0.3, 0.4) is 0 Å². The largest absolute Gasteiger partial charge is 0.424 e. The zero-order chi connectivity index (χ0) is 17.5. The second kappa shape index (κ2) is 8.55. The summed E-state index contributed by atoms with van der Waals surface area (Å²) in [4.78, 5) is 8.34. The summed E-state index contributed by atoms with van der Waals surface area (Å²) in [5.41, 5.74) is 0. The van der Waals surface area contributed by atoms with Crippen LogP contribution in [0.4, 0.5) is 5.82 Å². The SMILES string of the molecule is CCCCOS(=O)Nc1ccnc(Oc2cccc3ccccc23)n1. The van der Waals surface area contributed by atoms with Crippen molar-refractivity contribution in [3.05, 3.63) is 54.7 Å². The van der Waals surface area contributed by atoms with Gasteiger partial charge in [0.25, 0.3) is 11.3 Å². The van der Waals surface area contributed by atoms with Gasteiger partial charge in [-0.1, -0.05) is 49.7 Å². The van der Waals surface area contributed by atoms with E-state index in [1.165, 1.54) is 0 Å². The normalized spacial score (nSPS) is 12.0. The molecule has 6 nitrogen and oxygen atoms in total. The van der Waals surface area contributed by atoms with Crippen molar-refractivity contribution in [3.8, 4) is 11.8 Å². The molecule has 1 aromatic heterocycles. The molecule has 1 N–H and O–H groups in total. The van der Waals surface area contributed by atoms with Crippen LogP contribution in [0.15, 0.2) is 54.7 Å². The van der Waals surface area contributed by atoms with Crippen molar-refractivity contribution in [3.63, 3.8) is 0 Å². The van der Waals surface area contributed by atoms with Crippen LogP contribution in [0.2, 0.25) is 0 Å². The molecule has 2 aromatic carbocycles. The van der Waals surface area contributed by atoms with E-state index in [-0.39, 0.29) is 6.01 Å². The number of benzene rings is 2. The number of ether oxygens (including phenoxy) is 1. The lowest BCUT2D eigenvalue weighted by atomic mass is 10.1. The summed E-state index contributed by atoms with van der Waals surface area (Å²) in [5, 5.41) is 2.04. The smallest absolute Gasteiger partial charge is 0.323 e. The minimum atomic E-state index is -1.65. The Morgan fingerprint density at radius 3 is 2.84 bits per heavy atom. The van der Waals surface area contributed by atoms with E-state index in [9.17, 15) is 4.21 Å². The van der Waals surface area contributed by atoms with Crippen LogP contribution >= 0.6 is 0 Å². The van der Waals surface area contributed by atoms with E-state index in [1.54, 1.807) is 12.3 Å². The van der Waals surface area contributed by atoms with E-state index in [0.717, 1.165) is 23.6 Å². The second-order valence-corrected chi connectivity index (χ2v) is 6.23. The molecule has 0 bridgehead atoms. The number of nitrogens with zero attached hydrogens (tertiary/aromatic N) is 2. The summed E-state index contributed by atoms with van der Waals surface area (Å²) < 4.78 is 25.5. The third-order valence-corrected chi connectivity index (χ3v) is 4.22. The average Bonchev–Trinajstić information content (AvgIpc) is 2.63. The Bertz CT molecular complexity index is 868. The summed E-state index contributed by atoms with van der Waals surface area (Å²) in [6.07, 6.45) is 3.37. The molecule has 1 atom stereocenters. The molecule has 0 amide bonds. The molecule has 0 spiro atoms. The molecule has 3 rings (SSSR count). The minimum absolute atomic E-state index is 0.173. The van der Waals surface area contributed by atoms with Gasteiger partial charge in [-0.3, -0.25) is 8.91 Å². The second-order valence-electron chi connectivity index (χ2n) is 5.32. The Labute approximate surface area is 149 Å². The van der Waals surface area contributed by atoms with E-state index >= 15 is 0 Å². The lowest BCUT2D eigenvalue weighted by Gasteiger charge is -2.09. The first-order valence-electron chi connectivity index (χ1n) is 8.06. The Morgan fingerprint density at radius 1 is 1.12 bits per heavy atom. The van der Waals surface area contributed by atoms with Crippen LogP contribution in [0.5, 0.6) is 11.8 Å². The molecule has 7 heteroatoms. The fourth-order valence-corrected chi connectivity index (χ4v) is 2.84. The molecule has 0 aliphatic heterocycles. The lowest BCUT2D eigenvalue weighted by Crippen LogP contribution is -2.10. The first kappa shape index (κ1) is 17.3. The lowest BCUT2D eigenvalue weighted by molar-refractivity contribution is 0.340. The molecule has 1 heterocycles. The maximum absolute atomic E-state index is 11.8. The topological polar surface area (TPSA) is 73.3 Å². The number of unbranched alkanes of at least 4 members (excludes halogenated alkanes) is 1. The maximum atomic E-state index is 11.8. The first-order chi connectivity index (χ1) is 12.3. The summed E-state index contributed by atoms with van der Waals surface area (Å²) in [6, 6.07) is 15.5. The molecule has 0 saturated heterocycles. The highest BCUT2D eigenvalue weighted by Gasteiger charge is 2.08. The predicted octanol–water partition coefficient (Wildman–Crippen LogP) is 4.23. The molecule has 130 valence electrons. The van der Waals surface area contributed by atoms with Crippen molar-refractivity contribution in [1.82, 2.24) is 9.97 Å². The quantitative estimate of drug-likeness (QED) is 0.611. The van der Waals surface area contributed by atoms with E-state index in [2.05, 4.69) is 14.7 Å². The van der Waals surface area contributed by atoms with Crippen molar-refractivity contribution >= 4 is 27.9 Å². The minimum Gasteiger partial charge on any atom is -0.424 e. The van der Waals surface area contributed by atoms with Crippen LogP contribution in [-0.4, -0.2) is 20.8 Å². The molecule has 0 saturated carbocycles. The molecule has 0 radical (unpaired) electrons. The molecule has 25 heavy (non-hydrogen) atoms. The van der Waals surface area contributed by atoms with Crippen molar-refractivity contribution < 1.29 is 13.1 Å². The van der Waals surface area contributed by atoms with Crippen LogP contribution < -0.4 is 9.46 Å². The fraction of sp³-hybridized carbons (Fsp3) is 0.222. The van der Waals surface area contributed by atoms with Gasteiger partial charge < -0.3 is 4.74 Å². The third-order valence-electron chi connectivity index (χ3n) is 3.46. The molecule has 0 fully saturated rings. The van der Waals surface area contributed by atoms with Gasteiger partial charge in [-0.05, 0) is 17.9 Å². The monoisotopic (exact) mass is 357 g/mol. The molecule has 3 aromatic rings. The van der Waals surface area contributed by atoms with Crippen LogP contribution in [-0.2, 0) is 15.4 Å². The summed E-state index contributed by atoms with van der Waals surface area (Å²) in [6.45, 7) is 2.47. The van der Waals surface area contributed by atoms with E-state index in [0.29, 0.717) is 18.2 Å². The Hall–Kier alpha value is -2.51. The number of hydrogen-bond acceptors (Lipinski definition) is 5. The van der Waals surface area contributed by atoms with Crippen LogP contribution in [0.25, 0.3) is 10.8 Å². The molecule has 0 aliphatic carbocycles. The highest BCUT2D eigenvalue weighted by atomic mass is 32.2. The Balaban J connectivity index is 1.72. The molecular weight excluding hydrogens is 338 g/mol. The van der Waals surface area contributed by atoms with Crippen molar-refractivity contribution in [1.29, 1.82) is 0 Å². The third kappa shape index (κ3) is 4.74. The van der Waals surface area contributed by atoms with Gasteiger partial charge in [-0.15, -0.1) is 0 Å². The molecule has 1 unspecified atom stereocenters. The fourth-order valence-electron chi connectivity index (χ4n) is 2.22. The highest BCUT2D eigenvalue weighted by Crippen LogP contribution is 2.28. The van der Waals surface area contributed by atoms with Crippen LogP contribution in [0, 0.1) is 0 Å². The maximum Gasteiger partial charge on any atom is 0.323 e. The van der Waals surface area contributed by atoms with E-state index < -0.39 is 11.3 Å². The Kier molecular flexibility index (Phi) is 5.92. The van der Waals surface area contributed by atoms with Gasteiger partial charge in [0, 0.05) is 17.6 Å². The number of anilines is 1. The number of fused-ring (bicyclic) bond motifs is 1. The first-order valence-corrected chi connectivity index (χ1v) is 9.14. The Morgan fingerprint density at radius 2 is 1.96 bits per heavy atom. The standard InChI is InChI=1S/C18H19N3O3S/c1-2-3-13-23-25(22)21-17-11-12-19-18(20-17)24-16-10-6-8-14-7-4-5-9-15(14)16/h4-12H,2-3,13H2,1H3,(H,19,20,21). The average molecular weight is 357 g/mol. The van der Waals surface area contributed by atoms with Crippen molar-refractivity contribution in [2.45, 2.75) is 19.8 Å². The molecular formula is C18H19N3O3S. The van der Waals surface area contributed by atoms with Gasteiger partial charge in [0.2, 0.25) is 0 Å². The zero-order valence-electron chi connectivity index (χ0n) is 13.8. The number of aromatic nitrogens is 2. The zero-order valence-corrected chi connectivity index (χ0v) is 14.7. The summed E-state index contributed by atoms with van der Waals surface area (Å²) in [5.74, 6) is 1.04. The number of hydrogen-bond donors (Lipinski definition) is 1. The van der Waals surface area contributed by atoms with Gasteiger partial charge in [-0.2, -0.15) is 4.98 Å². The van der Waals surface area contributed by atoms with Gasteiger partial charge in [0.15, 0.2) is 0 Å². The highest BCUT2D eigenvalue weighted by molar-refractivity contribution is 7.81. The van der Waals surface area contributed by atoms with Crippen LogP contribution in [0.1, 0.15) is 19.8 Å². The van der Waals surface area contributed by atoms with Gasteiger partial charge in [-0.25, -0.2) is 9.19 Å².